The number of amides is 1. The van der Waals surface area contributed by atoms with E-state index in [9.17, 15) is 17.6 Å². The standard InChI is InChI=1S/C14H17ClFN3O3S/c1-9(20)19-13-7-12(16)14(6-11(13)15)23(21,22)18-8-10-2-4-17-5-3-10/h2,6-7,17-18H,3-5,8H2,1H3,(H,19,20). The number of rotatable bonds is 5. The van der Waals surface area contributed by atoms with Gasteiger partial charge in [-0.3, -0.25) is 4.79 Å². The maximum absolute atomic E-state index is 14.1. The van der Waals surface area contributed by atoms with Gasteiger partial charge in [0.1, 0.15) is 10.7 Å². The fourth-order valence-electron chi connectivity index (χ4n) is 2.12. The molecule has 1 aliphatic rings. The lowest BCUT2D eigenvalue weighted by Crippen LogP contribution is -2.30. The van der Waals surface area contributed by atoms with Crippen LogP contribution in [0.15, 0.2) is 28.7 Å². The summed E-state index contributed by atoms with van der Waals surface area (Å²) in [7, 11) is -4.04. The fraction of sp³-hybridized carbons (Fsp3) is 0.357. The lowest BCUT2D eigenvalue weighted by Gasteiger charge is -2.15. The molecule has 0 radical (unpaired) electrons. The maximum atomic E-state index is 14.1. The van der Waals surface area contributed by atoms with Gasteiger partial charge < -0.3 is 10.6 Å². The van der Waals surface area contributed by atoms with Gasteiger partial charge >= 0.3 is 0 Å². The molecule has 0 saturated carbocycles. The molecule has 1 aromatic carbocycles. The van der Waals surface area contributed by atoms with Gasteiger partial charge in [0.15, 0.2) is 0 Å². The lowest BCUT2D eigenvalue weighted by molar-refractivity contribution is -0.114. The summed E-state index contributed by atoms with van der Waals surface area (Å²) in [4.78, 5) is 10.5. The van der Waals surface area contributed by atoms with Crippen LogP contribution >= 0.6 is 11.6 Å². The van der Waals surface area contributed by atoms with Crippen LogP contribution in [0.3, 0.4) is 0 Å². The molecule has 0 spiro atoms. The number of nitrogens with one attached hydrogen (secondary N) is 3. The van der Waals surface area contributed by atoms with Crippen molar-refractivity contribution < 1.29 is 17.6 Å². The Balaban J connectivity index is 2.20. The Morgan fingerprint density at radius 3 is 2.78 bits per heavy atom. The van der Waals surface area contributed by atoms with Crippen LogP contribution in [0.5, 0.6) is 0 Å². The molecule has 9 heteroatoms. The monoisotopic (exact) mass is 361 g/mol. The third-order valence-electron chi connectivity index (χ3n) is 3.27. The van der Waals surface area contributed by atoms with Crippen LogP contribution in [0.25, 0.3) is 0 Å². The van der Waals surface area contributed by atoms with E-state index in [1.165, 1.54) is 6.92 Å². The number of hydrogen-bond acceptors (Lipinski definition) is 4. The number of sulfonamides is 1. The first-order valence-electron chi connectivity index (χ1n) is 6.94. The molecule has 0 aliphatic carbocycles. The van der Waals surface area contributed by atoms with Crippen LogP contribution in [0, 0.1) is 5.82 Å². The molecule has 1 aliphatic heterocycles. The summed E-state index contributed by atoms with van der Waals surface area (Å²) in [6, 6.07) is 1.88. The predicted octanol–water partition coefficient (Wildman–Crippen LogP) is 1.64. The Morgan fingerprint density at radius 1 is 1.43 bits per heavy atom. The van der Waals surface area contributed by atoms with Crippen molar-refractivity contribution in [2.24, 2.45) is 0 Å². The number of hydrogen-bond donors (Lipinski definition) is 3. The number of carbonyl (C=O) groups is 1. The second-order valence-electron chi connectivity index (χ2n) is 5.08. The zero-order chi connectivity index (χ0) is 17.0. The minimum Gasteiger partial charge on any atom is -0.325 e. The molecule has 1 aromatic rings. The Morgan fingerprint density at radius 2 is 2.17 bits per heavy atom. The maximum Gasteiger partial charge on any atom is 0.243 e. The molecule has 1 heterocycles. The van der Waals surface area contributed by atoms with Crippen molar-refractivity contribution in [3.63, 3.8) is 0 Å². The van der Waals surface area contributed by atoms with Crippen LogP contribution in [0.2, 0.25) is 5.02 Å². The van der Waals surface area contributed by atoms with E-state index in [0.29, 0.717) is 6.54 Å². The molecule has 23 heavy (non-hydrogen) atoms. The van der Waals surface area contributed by atoms with Crippen molar-refractivity contribution >= 4 is 33.2 Å². The van der Waals surface area contributed by atoms with E-state index >= 15 is 0 Å². The summed E-state index contributed by atoms with van der Waals surface area (Å²) in [5.74, 6) is -1.41. The highest BCUT2D eigenvalue weighted by Gasteiger charge is 2.22. The molecule has 3 N–H and O–H groups in total. The highest BCUT2D eigenvalue weighted by molar-refractivity contribution is 7.89. The van der Waals surface area contributed by atoms with E-state index in [0.717, 1.165) is 30.7 Å². The van der Waals surface area contributed by atoms with Crippen molar-refractivity contribution in [2.75, 3.05) is 25.0 Å². The molecule has 0 atom stereocenters. The first-order valence-corrected chi connectivity index (χ1v) is 8.80. The molecule has 2 rings (SSSR count). The summed E-state index contributed by atoms with van der Waals surface area (Å²) in [6.07, 6.45) is 2.63. The Kier molecular flexibility index (Phi) is 5.74. The Hall–Kier alpha value is -1.48. The number of carbonyl (C=O) groups excluding carboxylic acids is 1. The highest BCUT2D eigenvalue weighted by Crippen LogP contribution is 2.28. The second kappa shape index (κ2) is 7.39. The van der Waals surface area contributed by atoms with Crippen molar-refractivity contribution in [1.29, 1.82) is 0 Å². The summed E-state index contributed by atoms with van der Waals surface area (Å²) < 4.78 is 40.9. The second-order valence-corrected chi connectivity index (χ2v) is 7.23. The van der Waals surface area contributed by atoms with Gasteiger partial charge in [0.05, 0.1) is 10.7 Å². The molecular weight excluding hydrogens is 345 g/mol. The zero-order valence-corrected chi connectivity index (χ0v) is 14.0. The summed E-state index contributed by atoms with van der Waals surface area (Å²) in [5, 5.41) is 5.40. The highest BCUT2D eigenvalue weighted by atomic mass is 35.5. The van der Waals surface area contributed by atoms with Gasteiger partial charge in [-0.1, -0.05) is 23.3 Å². The molecule has 0 fully saturated rings. The van der Waals surface area contributed by atoms with Gasteiger partial charge in [-0.15, -0.1) is 0 Å². The Labute approximate surface area is 139 Å². The Bertz CT molecular complexity index is 750. The molecule has 0 saturated heterocycles. The zero-order valence-electron chi connectivity index (χ0n) is 12.4. The molecule has 126 valence electrons. The number of halogens is 2. The van der Waals surface area contributed by atoms with Gasteiger partial charge in [-0.05, 0) is 19.0 Å². The van der Waals surface area contributed by atoms with E-state index in [1.807, 2.05) is 6.08 Å². The van der Waals surface area contributed by atoms with Gasteiger partial charge in [0.25, 0.3) is 0 Å². The minimum absolute atomic E-state index is 0.0247. The van der Waals surface area contributed by atoms with Gasteiger partial charge in [0.2, 0.25) is 15.9 Å². The van der Waals surface area contributed by atoms with Crippen molar-refractivity contribution in [3.05, 3.63) is 34.6 Å². The van der Waals surface area contributed by atoms with E-state index in [1.54, 1.807) is 0 Å². The quantitative estimate of drug-likeness (QED) is 0.696. The summed E-state index contributed by atoms with van der Waals surface area (Å²) in [5.41, 5.74) is 0.963. The molecule has 0 bridgehead atoms. The average Bonchev–Trinajstić information content (AvgIpc) is 2.49. The lowest BCUT2D eigenvalue weighted by atomic mass is 10.1. The smallest absolute Gasteiger partial charge is 0.243 e. The molecule has 0 unspecified atom stereocenters. The van der Waals surface area contributed by atoms with Crippen molar-refractivity contribution in [1.82, 2.24) is 10.0 Å². The molecule has 1 amide bonds. The van der Waals surface area contributed by atoms with Gasteiger partial charge in [0, 0.05) is 26.1 Å². The van der Waals surface area contributed by atoms with Crippen molar-refractivity contribution in [2.45, 2.75) is 18.2 Å². The van der Waals surface area contributed by atoms with Crippen LogP contribution in [-0.4, -0.2) is 34.0 Å². The minimum atomic E-state index is -4.04. The molecular formula is C14H17ClFN3O3S. The van der Waals surface area contributed by atoms with Crippen LogP contribution in [-0.2, 0) is 14.8 Å². The van der Waals surface area contributed by atoms with E-state index < -0.39 is 26.6 Å². The van der Waals surface area contributed by atoms with E-state index in [4.69, 9.17) is 11.6 Å². The SMILES string of the molecule is CC(=O)Nc1cc(F)c(S(=O)(=O)NCC2=CCNCC2)cc1Cl. The van der Waals surface area contributed by atoms with Gasteiger partial charge in [-0.25, -0.2) is 17.5 Å². The molecule has 6 nitrogen and oxygen atoms in total. The summed E-state index contributed by atoms with van der Waals surface area (Å²) >= 11 is 5.91. The van der Waals surface area contributed by atoms with Gasteiger partial charge in [-0.2, -0.15) is 0 Å². The van der Waals surface area contributed by atoms with Crippen LogP contribution in [0.1, 0.15) is 13.3 Å². The fourth-order valence-corrected chi connectivity index (χ4v) is 3.51. The third-order valence-corrected chi connectivity index (χ3v) is 5.00. The molecule has 0 aromatic heterocycles. The van der Waals surface area contributed by atoms with E-state index in [2.05, 4.69) is 15.4 Å². The van der Waals surface area contributed by atoms with E-state index in [-0.39, 0.29) is 17.3 Å². The first-order chi connectivity index (χ1) is 10.8. The summed E-state index contributed by atoms with van der Waals surface area (Å²) in [6.45, 7) is 2.82. The normalized spacial score (nSPS) is 15.2. The van der Waals surface area contributed by atoms with Crippen molar-refractivity contribution in [3.8, 4) is 0 Å². The largest absolute Gasteiger partial charge is 0.325 e. The number of anilines is 1. The average molecular weight is 362 g/mol. The number of benzene rings is 1. The first kappa shape index (κ1) is 17.9. The third kappa shape index (κ3) is 4.74. The van der Waals surface area contributed by atoms with Crippen LogP contribution in [0.4, 0.5) is 10.1 Å². The predicted molar refractivity (Wildman–Crippen MR) is 86.5 cm³/mol. The van der Waals surface area contributed by atoms with Crippen LogP contribution < -0.4 is 15.4 Å². The topological polar surface area (TPSA) is 87.3 Å².